The predicted molar refractivity (Wildman–Crippen MR) is 73.7 cm³/mol. The van der Waals surface area contributed by atoms with Gasteiger partial charge in [-0.05, 0) is 37.8 Å². The second-order valence-corrected chi connectivity index (χ2v) is 5.01. The van der Waals surface area contributed by atoms with Gasteiger partial charge in [0.25, 0.3) is 0 Å². The zero-order valence-corrected chi connectivity index (χ0v) is 11.1. The lowest BCUT2D eigenvalue weighted by atomic mass is 9.87. The minimum Gasteiger partial charge on any atom is -0.295 e. The van der Waals surface area contributed by atoms with E-state index in [-0.39, 0.29) is 11.7 Å². The number of rotatable bonds is 5. The maximum Gasteiger partial charge on any atom is 0.156 e. The molecular formula is C16H22O. The molecule has 92 valence electrons. The molecule has 1 heteroatoms. The standard InChI is InChI=1S/C16H22O/c1-5-14(11-16(17)10-12(2)3)15-8-6-13(4)7-9-15/h5-6,8-10,13-14H,1,7,11H2,2-4H3. The summed E-state index contributed by atoms with van der Waals surface area (Å²) in [6.07, 6.45) is 11.8. The first-order valence-electron chi connectivity index (χ1n) is 6.21. The summed E-state index contributed by atoms with van der Waals surface area (Å²) in [7, 11) is 0. The van der Waals surface area contributed by atoms with Crippen LogP contribution in [0, 0.1) is 11.8 Å². The van der Waals surface area contributed by atoms with E-state index < -0.39 is 0 Å². The number of hydrogen-bond donors (Lipinski definition) is 0. The average Bonchev–Trinajstić information content (AvgIpc) is 2.26. The highest BCUT2D eigenvalue weighted by Crippen LogP contribution is 2.25. The van der Waals surface area contributed by atoms with E-state index in [4.69, 9.17) is 0 Å². The highest BCUT2D eigenvalue weighted by molar-refractivity contribution is 5.90. The van der Waals surface area contributed by atoms with Crippen molar-refractivity contribution in [1.29, 1.82) is 0 Å². The second kappa shape index (κ2) is 6.39. The Balaban J connectivity index is 2.67. The molecule has 0 spiro atoms. The molecule has 1 aliphatic carbocycles. The fourth-order valence-electron chi connectivity index (χ4n) is 1.95. The molecule has 17 heavy (non-hydrogen) atoms. The first-order chi connectivity index (χ1) is 8.02. The molecule has 0 radical (unpaired) electrons. The highest BCUT2D eigenvalue weighted by atomic mass is 16.1. The Morgan fingerprint density at radius 2 is 2.29 bits per heavy atom. The minimum atomic E-state index is 0.154. The van der Waals surface area contributed by atoms with Crippen LogP contribution in [0.25, 0.3) is 0 Å². The summed E-state index contributed by atoms with van der Waals surface area (Å²) in [6.45, 7) is 9.93. The Morgan fingerprint density at radius 3 is 2.76 bits per heavy atom. The molecule has 1 aliphatic rings. The van der Waals surface area contributed by atoms with Gasteiger partial charge in [0.1, 0.15) is 0 Å². The largest absolute Gasteiger partial charge is 0.295 e. The number of carbonyl (C=O) groups is 1. The van der Waals surface area contributed by atoms with Crippen LogP contribution in [0.2, 0.25) is 0 Å². The van der Waals surface area contributed by atoms with Gasteiger partial charge in [-0.25, -0.2) is 0 Å². The zero-order chi connectivity index (χ0) is 12.8. The van der Waals surface area contributed by atoms with Gasteiger partial charge in [0.05, 0.1) is 0 Å². The van der Waals surface area contributed by atoms with Crippen LogP contribution in [0.3, 0.4) is 0 Å². The molecule has 0 amide bonds. The normalized spacial score (nSPS) is 20.4. The van der Waals surface area contributed by atoms with Crippen molar-refractivity contribution >= 4 is 5.78 Å². The van der Waals surface area contributed by atoms with E-state index in [9.17, 15) is 4.79 Å². The summed E-state index contributed by atoms with van der Waals surface area (Å²) in [6, 6.07) is 0. The van der Waals surface area contributed by atoms with E-state index in [1.165, 1.54) is 5.57 Å². The Hall–Kier alpha value is -1.37. The molecule has 0 heterocycles. The lowest BCUT2D eigenvalue weighted by Crippen LogP contribution is -2.08. The number of hydrogen-bond acceptors (Lipinski definition) is 1. The lowest BCUT2D eigenvalue weighted by Gasteiger charge is -2.17. The van der Waals surface area contributed by atoms with Crippen molar-refractivity contribution in [2.24, 2.45) is 11.8 Å². The first-order valence-corrected chi connectivity index (χ1v) is 6.21. The van der Waals surface area contributed by atoms with Gasteiger partial charge in [0, 0.05) is 12.3 Å². The molecule has 1 nitrogen and oxygen atoms in total. The third-order valence-electron chi connectivity index (χ3n) is 2.93. The van der Waals surface area contributed by atoms with Crippen LogP contribution >= 0.6 is 0 Å². The van der Waals surface area contributed by atoms with E-state index in [1.54, 1.807) is 6.08 Å². The third kappa shape index (κ3) is 4.56. The monoisotopic (exact) mass is 230 g/mol. The predicted octanol–water partition coefficient (Wildman–Crippen LogP) is 4.24. The van der Waals surface area contributed by atoms with Crippen LogP contribution in [0.1, 0.15) is 33.6 Å². The van der Waals surface area contributed by atoms with Crippen LogP contribution in [-0.2, 0) is 4.79 Å². The van der Waals surface area contributed by atoms with E-state index >= 15 is 0 Å². The Morgan fingerprint density at radius 1 is 1.59 bits per heavy atom. The van der Waals surface area contributed by atoms with Gasteiger partial charge in [0.2, 0.25) is 0 Å². The maximum absolute atomic E-state index is 11.8. The molecule has 0 saturated heterocycles. The molecule has 0 aromatic rings. The molecular weight excluding hydrogens is 208 g/mol. The van der Waals surface area contributed by atoms with Crippen molar-refractivity contribution in [3.8, 4) is 0 Å². The van der Waals surface area contributed by atoms with Gasteiger partial charge in [-0.1, -0.05) is 36.8 Å². The summed E-state index contributed by atoms with van der Waals surface area (Å²) < 4.78 is 0. The van der Waals surface area contributed by atoms with Gasteiger partial charge in [-0.3, -0.25) is 4.79 Å². The van der Waals surface area contributed by atoms with Crippen molar-refractivity contribution < 1.29 is 4.79 Å². The van der Waals surface area contributed by atoms with Crippen molar-refractivity contribution in [3.05, 3.63) is 48.1 Å². The summed E-state index contributed by atoms with van der Waals surface area (Å²) in [4.78, 5) is 11.8. The Kier molecular flexibility index (Phi) is 5.14. The van der Waals surface area contributed by atoms with Crippen molar-refractivity contribution in [3.63, 3.8) is 0 Å². The smallest absolute Gasteiger partial charge is 0.156 e. The summed E-state index contributed by atoms with van der Waals surface area (Å²) in [5.74, 6) is 0.947. The van der Waals surface area contributed by atoms with Crippen molar-refractivity contribution in [1.82, 2.24) is 0 Å². The molecule has 0 saturated carbocycles. The molecule has 2 atom stereocenters. The van der Waals surface area contributed by atoms with Crippen LogP contribution in [-0.4, -0.2) is 5.78 Å². The van der Waals surface area contributed by atoms with E-state index in [2.05, 4.69) is 31.7 Å². The topological polar surface area (TPSA) is 17.1 Å². The highest BCUT2D eigenvalue weighted by Gasteiger charge is 2.14. The van der Waals surface area contributed by atoms with E-state index in [0.717, 1.165) is 12.0 Å². The second-order valence-electron chi connectivity index (χ2n) is 5.01. The number of carbonyl (C=O) groups excluding carboxylic acids is 1. The molecule has 0 N–H and O–H groups in total. The fourth-order valence-corrected chi connectivity index (χ4v) is 1.95. The SMILES string of the molecule is C=CC(CC(=O)C=C(C)C)C1=CCC(C)C=C1. The van der Waals surface area contributed by atoms with Gasteiger partial charge in [-0.15, -0.1) is 6.58 Å². The molecule has 0 aromatic heterocycles. The van der Waals surface area contributed by atoms with Crippen LogP contribution < -0.4 is 0 Å². The van der Waals surface area contributed by atoms with E-state index in [1.807, 2.05) is 19.9 Å². The summed E-state index contributed by atoms with van der Waals surface area (Å²) >= 11 is 0. The van der Waals surface area contributed by atoms with Gasteiger partial charge in [-0.2, -0.15) is 0 Å². The quantitative estimate of drug-likeness (QED) is 0.510. The zero-order valence-electron chi connectivity index (χ0n) is 11.1. The Labute approximate surface area is 105 Å². The molecule has 2 unspecified atom stereocenters. The van der Waals surface area contributed by atoms with Crippen molar-refractivity contribution in [2.45, 2.75) is 33.6 Å². The first kappa shape index (κ1) is 13.7. The van der Waals surface area contributed by atoms with Crippen LogP contribution in [0.5, 0.6) is 0 Å². The van der Waals surface area contributed by atoms with Gasteiger partial charge in [0.15, 0.2) is 5.78 Å². The van der Waals surface area contributed by atoms with E-state index in [0.29, 0.717) is 12.3 Å². The van der Waals surface area contributed by atoms with Gasteiger partial charge < -0.3 is 0 Å². The maximum atomic E-state index is 11.8. The van der Waals surface area contributed by atoms with Crippen molar-refractivity contribution in [2.75, 3.05) is 0 Å². The average molecular weight is 230 g/mol. The van der Waals surface area contributed by atoms with Crippen LogP contribution in [0.15, 0.2) is 48.1 Å². The van der Waals surface area contributed by atoms with Gasteiger partial charge >= 0.3 is 0 Å². The molecule has 1 rings (SSSR count). The molecule has 0 bridgehead atoms. The molecule has 0 fully saturated rings. The number of ketones is 1. The fraction of sp³-hybridized carbons (Fsp3) is 0.438. The summed E-state index contributed by atoms with van der Waals surface area (Å²) in [5.41, 5.74) is 2.29. The number of allylic oxidation sites excluding steroid dienone is 7. The Bertz CT molecular complexity index is 378. The minimum absolute atomic E-state index is 0.154. The molecule has 0 aromatic carbocycles. The third-order valence-corrected chi connectivity index (χ3v) is 2.93. The lowest BCUT2D eigenvalue weighted by molar-refractivity contribution is -0.115. The molecule has 0 aliphatic heterocycles. The van der Waals surface area contributed by atoms with Crippen LogP contribution in [0.4, 0.5) is 0 Å². The summed E-state index contributed by atoms with van der Waals surface area (Å²) in [5, 5.41) is 0.